The largest absolute Gasteiger partial charge is 0.416 e. The van der Waals surface area contributed by atoms with Crippen molar-refractivity contribution in [1.29, 1.82) is 0 Å². The van der Waals surface area contributed by atoms with Crippen LogP contribution in [0.25, 0.3) is 22.4 Å². The lowest BCUT2D eigenvalue weighted by atomic mass is 10.2. The van der Waals surface area contributed by atoms with Crippen LogP contribution in [0.2, 0.25) is 0 Å². The monoisotopic (exact) mass is 367 g/mol. The van der Waals surface area contributed by atoms with Crippen LogP contribution in [0.3, 0.4) is 0 Å². The van der Waals surface area contributed by atoms with E-state index in [4.69, 9.17) is 9.36 Å². The maximum absolute atomic E-state index is 12.8. The third-order valence-corrected chi connectivity index (χ3v) is 3.98. The number of thiophene rings is 1. The molecule has 128 valence electrons. The number of alkyl halides is 3. The number of rotatable bonds is 4. The van der Waals surface area contributed by atoms with Gasteiger partial charge in [-0.1, -0.05) is 10.0 Å². The van der Waals surface area contributed by atoms with E-state index in [1.54, 1.807) is 0 Å². The van der Waals surface area contributed by atoms with Crippen LogP contribution >= 0.6 is 11.3 Å². The van der Waals surface area contributed by atoms with Gasteiger partial charge in [0.05, 0.1) is 5.56 Å². The Morgan fingerprint density at radius 2 is 2.12 bits per heavy atom. The molecule has 0 aliphatic rings. The summed E-state index contributed by atoms with van der Waals surface area (Å²) in [6.45, 7) is -0.161. The molecule has 0 N–H and O–H groups in total. The smallest absolute Gasteiger partial charge is 0.385 e. The van der Waals surface area contributed by atoms with E-state index in [-0.39, 0.29) is 23.5 Å². The lowest BCUT2D eigenvalue weighted by Crippen LogP contribution is -2.13. The molecule has 11 heteroatoms. The fourth-order valence-electron chi connectivity index (χ4n) is 2.11. The molecule has 4 rings (SSSR count). The molecule has 1 aromatic carbocycles. The first-order chi connectivity index (χ1) is 12.0. The van der Waals surface area contributed by atoms with Gasteiger partial charge in [0, 0.05) is 10.9 Å². The number of fused-ring (bicyclic) bond motifs is 1. The van der Waals surface area contributed by atoms with Crippen molar-refractivity contribution in [2.45, 2.75) is 12.8 Å². The summed E-state index contributed by atoms with van der Waals surface area (Å²) in [5.74, 6) is 0.569. The molecule has 0 bridgehead atoms. The van der Waals surface area contributed by atoms with E-state index in [1.807, 2.05) is 16.8 Å². The van der Waals surface area contributed by atoms with Crippen LogP contribution in [0.4, 0.5) is 13.2 Å². The summed E-state index contributed by atoms with van der Waals surface area (Å²) in [5, 5.41) is 15.0. The topological polar surface area (TPSA) is 78.9 Å². The van der Waals surface area contributed by atoms with Gasteiger partial charge < -0.3 is 9.36 Å². The number of halogens is 3. The van der Waals surface area contributed by atoms with E-state index in [0.29, 0.717) is 5.82 Å². The fraction of sp³-hybridized carbons (Fsp3) is 0.143. The molecule has 7 nitrogen and oxygen atoms in total. The molecule has 0 unspecified atom stereocenters. The number of aromatic nitrogens is 5. The summed E-state index contributed by atoms with van der Waals surface area (Å²) in [4.78, 5) is 10.4. The van der Waals surface area contributed by atoms with Crippen molar-refractivity contribution in [3.63, 3.8) is 0 Å². The molecule has 0 aliphatic carbocycles. The van der Waals surface area contributed by atoms with E-state index in [1.165, 1.54) is 17.4 Å². The molecule has 0 amide bonds. The van der Waals surface area contributed by atoms with Crippen LogP contribution in [-0.2, 0) is 12.8 Å². The molecule has 25 heavy (non-hydrogen) atoms. The van der Waals surface area contributed by atoms with E-state index < -0.39 is 11.7 Å². The van der Waals surface area contributed by atoms with E-state index >= 15 is 0 Å². The van der Waals surface area contributed by atoms with Crippen molar-refractivity contribution in [3.8, 4) is 11.4 Å². The molecule has 0 fully saturated rings. The molecule has 0 atom stereocenters. The molecule has 0 spiro atoms. The normalized spacial score (nSPS) is 12.0. The highest BCUT2D eigenvalue weighted by Crippen LogP contribution is 2.30. The Morgan fingerprint density at radius 3 is 2.88 bits per heavy atom. The van der Waals surface area contributed by atoms with Crippen molar-refractivity contribution in [1.82, 2.24) is 25.3 Å². The number of hydrogen-bond acceptors (Lipinski definition) is 7. The summed E-state index contributed by atoms with van der Waals surface area (Å²) in [6, 6.07) is 4.92. The van der Waals surface area contributed by atoms with Gasteiger partial charge in [0.2, 0.25) is 5.82 Å². The van der Waals surface area contributed by atoms with Gasteiger partial charge in [-0.15, -0.1) is 5.10 Å². The Hall–Kier alpha value is -2.95. The van der Waals surface area contributed by atoms with Gasteiger partial charge in [0.25, 0.3) is 5.89 Å². The average Bonchev–Trinajstić information content (AvgIpc) is 3.31. The zero-order valence-electron chi connectivity index (χ0n) is 12.3. The lowest BCUT2D eigenvalue weighted by Gasteiger charge is -2.07. The van der Waals surface area contributed by atoms with Crippen molar-refractivity contribution < 1.29 is 22.5 Å². The number of nitrogens with zero attached hydrogens (tertiary/aromatic N) is 5. The van der Waals surface area contributed by atoms with E-state index in [9.17, 15) is 13.2 Å². The lowest BCUT2D eigenvalue weighted by molar-refractivity contribution is -0.137. The summed E-state index contributed by atoms with van der Waals surface area (Å²) in [5.41, 5.74) is 0.357. The van der Waals surface area contributed by atoms with Crippen LogP contribution in [0.1, 0.15) is 11.5 Å². The van der Waals surface area contributed by atoms with Crippen LogP contribution in [0, 0.1) is 0 Å². The standard InChI is InChI=1S/C14H8F3N5O2S/c15-14(16,17)9-1-2-10-11(5-9)22(21-19-10)23-6-12-18-13(20-24-12)8-3-4-25-7-8/h1-5,7H,6H2. The molecule has 0 saturated carbocycles. The Labute approximate surface area is 141 Å². The Balaban J connectivity index is 1.55. The van der Waals surface area contributed by atoms with Crippen molar-refractivity contribution >= 4 is 22.4 Å². The fourth-order valence-corrected chi connectivity index (χ4v) is 2.74. The second-order valence-electron chi connectivity index (χ2n) is 4.96. The molecule has 0 radical (unpaired) electrons. The minimum atomic E-state index is -4.47. The van der Waals surface area contributed by atoms with Gasteiger partial charge in [-0.3, -0.25) is 0 Å². The Morgan fingerprint density at radius 1 is 1.24 bits per heavy atom. The van der Waals surface area contributed by atoms with Gasteiger partial charge in [0.1, 0.15) is 11.0 Å². The average molecular weight is 367 g/mol. The van der Waals surface area contributed by atoms with E-state index in [0.717, 1.165) is 22.5 Å². The van der Waals surface area contributed by atoms with Crippen molar-refractivity contribution in [3.05, 3.63) is 46.5 Å². The number of hydrogen-bond donors (Lipinski definition) is 0. The third-order valence-electron chi connectivity index (χ3n) is 3.30. The predicted molar refractivity (Wildman–Crippen MR) is 80.4 cm³/mol. The minimum absolute atomic E-state index is 0.0902. The van der Waals surface area contributed by atoms with Crippen molar-refractivity contribution in [2.75, 3.05) is 0 Å². The van der Waals surface area contributed by atoms with Gasteiger partial charge in [-0.25, -0.2) is 0 Å². The van der Waals surface area contributed by atoms with Crippen molar-refractivity contribution in [2.24, 2.45) is 0 Å². The van der Waals surface area contributed by atoms with Gasteiger partial charge in [-0.05, 0) is 34.9 Å². The Bertz CT molecular complexity index is 1010. The van der Waals surface area contributed by atoms with Gasteiger partial charge >= 0.3 is 6.18 Å². The zero-order chi connectivity index (χ0) is 17.4. The van der Waals surface area contributed by atoms with Gasteiger partial charge in [-0.2, -0.15) is 29.5 Å². The van der Waals surface area contributed by atoms with Crippen LogP contribution in [0.15, 0.2) is 39.5 Å². The maximum Gasteiger partial charge on any atom is 0.416 e. The zero-order valence-corrected chi connectivity index (χ0v) is 13.1. The van der Waals surface area contributed by atoms with Crippen LogP contribution in [-0.4, -0.2) is 25.3 Å². The molecule has 3 heterocycles. The van der Waals surface area contributed by atoms with Gasteiger partial charge in [0.15, 0.2) is 6.61 Å². The summed E-state index contributed by atoms with van der Waals surface area (Å²) in [7, 11) is 0. The third kappa shape index (κ3) is 3.05. The summed E-state index contributed by atoms with van der Waals surface area (Å²) >= 11 is 1.49. The maximum atomic E-state index is 12.8. The second kappa shape index (κ2) is 5.84. The SMILES string of the molecule is FC(F)(F)c1ccc2nnn(OCc3nc(-c4ccsc4)no3)c2c1. The summed E-state index contributed by atoms with van der Waals surface area (Å²) < 4.78 is 43.5. The molecule has 4 aromatic rings. The summed E-state index contributed by atoms with van der Waals surface area (Å²) in [6.07, 6.45) is -4.47. The number of benzene rings is 1. The van der Waals surface area contributed by atoms with Crippen LogP contribution < -0.4 is 4.84 Å². The first-order valence-corrected chi connectivity index (χ1v) is 7.86. The highest BCUT2D eigenvalue weighted by Gasteiger charge is 2.31. The highest BCUT2D eigenvalue weighted by molar-refractivity contribution is 7.08. The minimum Gasteiger partial charge on any atom is -0.385 e. The first kappa shape index (κ1) is 15.6. The molecular weight excluding hydrogens is 359 g/mol. The predicted octanol–water partition coefficient (Wildman–Crippen LogP) is 3.19. The molecule has 0 saturated heterocycles. The molecule has 3 aromatic heterocycles. The molecule has 0 aliphatic heterocycles. The van der Waals surface area contributed by atoms with E-state index in [2.05, 4.69) is 20.5 Å². The van der Waals surface area contributed by atoms with Crippen LogP contribution in [0.5, 0.6) is 0 Å². The Kier molecular flexibility index (Phi) is 3.64. The highest BCUT2D eigenvalue weighted by atomic mass is 32.1. The quantitative estimate of drug-likeness (QED) is 0.551. The first-order valence-electron chi connectivity index (χ1n) is 6.92. The molecular formula is C14H8F3N5O2S. The second-order valence-corrected chi connectivity index (χ2v) is 5.74.